The molecule has 0 aliphatic rings. The minimum atomic E-state index is -0.222. The van der Waals surface area contributed by atoms with E-state index >= 15 is 0 Å². The summed E-state index contributed by atoms with van der Waals surface area (Å²) in [6.07, 6.45) is 0.732. The smallest absolute Gasteiger partial charge is 0.132 e. The van der Waals surface area contributed by atoms with Crippen LogP contribution in [0.1, 0.15) is 11.1 Å². The Balaban J connectivity index is 1.90. The predicted octanol–water partition coefficient (Wildman–Crippen LogP) is 3.41. The fourth-order valence-electron chi connectivity index (χ4n) is 1.99. The molecule has 0 spiro atoms. The molecule has 1 heterocycles. The molecule has 0 bridgehead atoms. The van der Waals surface area contributed by atoms with Gasteiger partial charge in [-0.2, -0.15) is 0 Å². The summed E-state index contributed by atoms with van der Waals surface area (Å²) in [6, 6.07) is 18.0. The molecule has 0 saturated heterocycles. The number of benzene rings is 2. The van der Waals surface area contributed by atoms with Crippen molar-refractivity contribution in [3.8, 4) is 0 Å². The topological polar surface area (TPSA) is 30.7 Å². The standard InChI is InChI=1S/C14H12ClN3/c15-14(10-11-6-2-1-3-7-11)18-13-9-5-4-8-12(13)16-17-18/h1-9,14H,10H2. The minimum Gasteiger partial charge on any atom is -0.226 e. The molecule has 0 N–H and O–H groups in total. The van der Waals surface area contributed by atoms with E-state index in [-0.39, 0.29) is 5.50 Å². The molecule has 0 fully saturated rings. The van der Waals surface area contributed by atoms with E-state index in [0.717, 1.165) is 17.5 Å². The van der Waals surface area contributed by atoms with Crippen LogP contribution in [0.15, 0.2) is 54.6 Å². The van der Waals surface area contributed by atoms with Crippen molar-refractivity contribution in [2.24, 2.45) is 0 Å². The summed E-state index contributed by atoms with van der Waals surface area (Å²) in [7, 11) is 0. The van der Waals surface area contributed by atoms with Gasteiger partial charge in [-0.3, -0.25) is 0 Å². The average molecular weight is 258 g/mol. The van der Waals surface area contributed by atoms with Crippen LogP contribution in [-0.4, -0.2) is 15.0 Å². The Morgan fingerprint density at radius 3 is 2.56 bits per heavy atom. The van der Waals surface area contributed by atoms with Crippen LogP contribution in [0.3, 0.4) is 0 Å². The Morgan fingerprint density at radius 1 is 1.00 bits per heavy atom. The summed E-state index contributed by atoms with van der Waals surface area (Å²) in [6.45, 7) is 0. The lowest BCUT2D eigenvalue weighted by molar-refractivity contribution is 0.582. The number of alkyl halides is 1. The second-order valence-corrected chi connectivity index (χ2v) is 4.65. The van der Waals surface area contributed by atoms with Crippen LogP contribution in [0.2, 0.25) is 0 Å². The van der Waals surface area contributed by atoms with Crippen LogP contribution in [0.5, 0.6) is 0 Å². The van der Waals surface area contributed by atoms with Crippen LogP contribution in [0.25, 0.3) is 11.0 Å². The van der Waals surface area contributed by atoms with Gasteiger partial charge in [-0.15, -0.1) is 5.10 Å². The molecule has 0 aliphatic heterocycles. The van der Waals surface area contributed by atoms with Crippen molar-refractivity contribution in [1.82, 2.24) is 15.0 Å². The normalized spacial score (nSPS) is 12.7. The van der Waals surface area contributed by atoms with E-state index in [4.69, 9.17) is 11.6 Å². The molecule has 3 aromatic rings. The van der Waals surface area contributed by atoms with Gasteiger partial charge < -0.3 is 0 Å². The van der Waals surface area contributed by atoms with Crippen molar-refractivity contribution in [2.75, 3.05) is 0 Å². The van der Waals surface area contributed by atoms with Gasteiger partial charge in [-0.05, 0) is 17.7 Å². The van der Waals surface area contributed by atoms with Gasteiger partial charge in [0.25, 0.3) is 0 Å². The van der Waals surface area contributed by atoms with E-state index in [1.807, 2.05) is 42.5 Å². The van der Waals surface area contributed by atoms with E-state index in [2.05, 4.69) is 22.4 Å². The van der Waals surface area contributed by atoms with Crippen LogP contribution in [-0.2, 0) is 6.42 Å². The van der Waals surface area contributed by atoms with Crippen LogP contribution >= 0.6 is 11.6 Å². The largest absolute Gasteiger partial charge is 0.226 e. The first-order valence-corrected chi connectivity index (χ1v) is 6.26. The number of hydrogen-bond acceptors (Lipinski definition) is 2. The quantitative estimate of drug-likeness (QED) is 0.673. The van der Waals surface area contributed by atoms with Gasteiger partial charge in [0.15, 0.2) is 0 Å². The predicted molar refractivity (Wildman–Crippen MR) is 72.6 cm³/mol. The molecule has 0 saturated carbocycles. The first-order chi connectivity index (χ1) is 8.84. The van der Waals surface area contributed by atoms with Gasteiger partial charge >= 0.3 is 0 Å². The molecular formula is C14H12ClN3. The molecule has 3 rings (SSSR count). The highest BCUT2D eigenvalue weighted by molar-refractivity contribution is 6.19. The lowest BCUT2D eigenvalue weighted by atomic mass is 10.1. The minimum absolute atomic E-state index is 0.222. The molecule has 0 amide bonds. The summed E-state index contributed by atoms with van der Waals surface area (Å²) in [5.41, 5.74) is 2.81. The fraction of sp³-hybridized carbons (Fsp3) is 0.143. The lowest BCUT2D eigenvalue weighted by Gasteiger charge is -2.10. The Hall–Kier alpha value is -1.87. The van der Waals surface area contributed by atoms with E-state index in [1.165, 1.54) is 5.56 Å². The zero-order chi connectivity index (χ0) is 12.4. The van der Waals surface area contributed by atoms with Crippen LogP contribution in [0, 0.1) is 0 Å². The third kappa shape index (κ3) is 2.09. The Bertz CT molecular complexity index is 648. The molecule has 4 heteroatoms. The van der Waals surface area contributed by atoms with Crippen molar-refractivity contribution in [2.45, 2.75) is 11.9 Å². The number of fused-ring (bicyclic) bond motifs is 1. The summed E-state index contributed by atoms with van der Waals surface area (Å²) < 4.78 is 1.77. The van der Waals surface area contributed by atoms with E-state index in [9.17, 15) is 0 Å². The summed E-state index contributed by atoms with van der Waals surface area (Å²) in [5, 5.41) is 8.24. The Kier molecular flexibility index (Phi) is 2.99. The molecule has 1 unspecified atom stereocenters. The van der Waals surface area contributed by atoms with Gasteiger partial charge in [0.2, 0.25) is 0 Å². The zero-order valence-corrected chi connectivity index (χ0v) is 10.5. The molecule has 0 radical (unpaired) electrons. The van der Waals surface area contributed by atoms with Crippen molar-refractivity contribution < 1.29 is 0 Å². The molecule has 0 aliphatic carbocycles. The third-order valence-corrected chi connectivity index (χ3v) is 3.23. The summed E-state index contributed by atoms with van der Waals surface area (Å²) in [4.78, 5) is 0. The maximum absolute atomic E-state index is 6.42. The maximum atomic E-state index is 6.42. The SMILES string of the molecule is ClC(Cc1ccccc1)n1nnc2ccccc21. The Labute approximate surface area is 110 Å². The highest BCUT2D eigenvalue weighted by Crippen LogP contribution is 2.22. The van der Waals surface area contributed by atoms with Crippen LogP contribution < -0.4 is 0 Å². The summed E-state index contributed by atoms with van der Waals surface area (Å²) in [5.74, 6) is 0. The maximum Gasteiger partial charge on any atom is 0.132 e. The van der Waals surface area contributed by atoms with Gasteiger partial charge in [0, 0.05) is 6.42 Å². The van der Waals surface area contributed by atoms with E-state index < -0.39 is 0 Å². The van der Waals surface area contributed by atoms with Crippen molar-refractivity contribution in [3.63, 3.8) is 0 Å². The van der Waals surface area contributed by atoms with Crippen molar-refractivity contribution in [1.29, 1.82) is 0 Å². The van der Waals surface area contributed by atoms with Gasteiger partial charge in [0.1, 0.15) is 11.0 Å². The molecular weight excluding hydrogens is 246 g/mol. The first-order valence-electron chi connectivity index (χ1n) is 5.82. The molecule has 3 nitrogen and oxygen atoms in total. The highest BCUT2D eigenvalue weighted by atomic mass is 35.5. The lowest BCUT2D eigenvalue weighted by Crippen LogP contribution is -2.07. The summed E-state index contributed by atoms with van der Waals surface area (Å²) >= 11 is 6.42. The van der Waals surface area contributed by atoms with Gasteiger partial charge in [-0.1, -0.05) is 59.3 Å². The molecule has 1 aromatic heterocycles. The second kappa shape index (κ2) is 4.78. The number of rotatable bonds is 3. The van der Waals surface area contributed by atoms with E-state index in [1.54, 1.807) is 4.68 Å². The monoisotopic (exact) mass is 257 g/mol. The van der Waals surface area contributed by atoms with Gasteiger partial charge in [0.05, 0.1) is 5.52 Å². The number of para-hydroxylation sites is 1. The first kappa shape index (κ1) is 11.2. The number of halogens is 1. The van der Waals surface area contributed by atoms with Crippen molar-refractivity contribution in [3.05, 3.63) is 60.2 Å². The second-order valence-electron chi connectivity index (χ2n) is 4.15. The number of hydrogen-bond donors (Lipinski definition) is 0. The zero-order valence-electron chi connectivity index (χ0n) is 9.70. The molecule has 18 heavy (non-hydrogen) atoms. The molecule has 2 aromatic carbocycles. The number of nitrogens with zero attached hydrogens (tertiary/aromatic N) is 3. The Morgan fingerprint density at radius 2 is 1.72 bits per heavy atom. The fourth-order valence-corrected chi connectivity index (χ4v) is 2.31. The average Bonchev–Trinajstić information content (AvgIpc) is 2.84. The molecule has 1 atom stereocenters. The third-order valence-electron chi connectivity index (χ3n) is 2.89. The van der Waals surface area contributed by atoms with E-state index in [0.29, 0.717) is 0 Å². The highest BCUT2D eigenvalue weighted by Gasteiger charge is 2.12. The van der Waals surface area contributed by atoms with Crippen molar-refractivity contribution >= 4 is 22.6 Å². The van der Waals surface area contributed by atoms with Gasteiger partial charge in [-0.25, -0.2) is 4.68 Å². The van der Waals surface area contributed by atoms with Crippen LogP contribution in [0.4, 0.5) is 0 Å². The molecule has 90 valence electrons. The number of aromatic nitrogens is 3.